The summed E-state index contributed by atoms with van der Waals surface area (Å²) in [5.74, 6) is -0.0627. The van der Waals surface area contributed by atoms with Crippen LogP contribution in [0.25, 0.3) is 0 Å². The Labute approximate surface area is 116 Å². The SMILES string of the molecule is CCN(CCC(=O)O)C(=O)N(CC(C)C)CC(C)C. The largest absolute Gasteiger partial charge is 0.481 e. The highest BCUT2D eigenvalue weighted by atomic mass is 16.4. The molecule has 0 rings (SSSR count). The van der Waals surface area contributed by atoms with Crippen LogP contribution in [0.4, 0.5) is 4.79 Å². The van der Waals surface area contributed by atoms with E-state index >= 15 is 0 Å². The summed E-state index contributed by atoms with van der Waals surface area (Å²) in [6.07, 6.45) is -0.00320. The van der Waals surface area contributed by atoms with Gasteiger partial charge in [-0.25, -0.2) is 4.79 Å². The number of carbonyl (C=O) groups is 2. The van der Waals surface area contributed by atoms with Gasteiger partial charge in [0.15, 0.2) is 0 Å². The zero-order valence-corrected chi connectivity index (χ0v) is 12.8. The first kappa shape index (κ1) is 17.7. The summed E-state index contributed by atoms with van der Waals surface area (Å²) in [5, 5.41) is 8.72. The van der Waals surface area contributed by atoms with Crippen LogP contribution in [-0.2, 0) is 4.79 Å². The fourth-order valence-corrected chi connectivity index (χ4v) is 1.93. The van der Waals surface area contributed by atoms with E-state index in [1.165, 1.54) is 0 Å². The molecule has 0 saturated heterocycles. The molecule has 0 bridgehead atoms. The molecular weight excluding hydrogens is 244 g/mol. The summed E-state index contributed by atoms with van der Waals surface area (Å²) in [4.78, 5) is 26.5. The number of hydrogen-bond donors (Lipinski definition) is 1. The van der Waals surface area contributed by atoms with Crippen molar-refractivity contribution in [1.29, 1.82) is 0 Å². The molecule has 0 unspecified atom stereocenters. The van der Waals surface area contributed by atoms with E-state index in [0.29, 0.717) is 31.5 Å². The van der Waals surface area contributed by atoms with Crippen LogP contribution in [0.3, 0.4) is 0 Å². The predicted molar refractivity (Wildman–Crippen MR) is 76.1 cm³/mol. The molecule has 0 radical (unpaired) electrons. The molecule has 0 aliphatic carbocycles. The van der Waals surface area contributed by atoms with Crippen LogP contribution in [0.2, 0.25) is 0 Å². The fraction of sp³-hybridized carbons (Fsp3) is 0.857. The molecule has 2 amide bonds. The van der Waals surface area contributed by atoms with Crippen molar-refractivity contribution in [2.24, 2.45) is 11.8 Å². The number of carboxylic acid groups (broad SMARTS) is 1. The molecule has 0 spiro atoms. The number of hydrogen-bond acceptors (Lipinski definition) is 2. The topological polar surface area (TPSA) is 60.9 Å². The van der Waals surface area contributed by atoms with Gasteiger partial charge in [-0.3, -0.25) is 4.79 Å². The molecule has 0 aromatic carbocycles. The Hall–Kier alpha value is -1.26. The molecule has 5 nitrogen and oxygen atoms in total. The number of nitrogens with zero attached hydrogens (tertiary/aromatic N) is 2. The molecule has 0 fully saturated rings. The molecule has 0 atom stereocenters. The van der Waals surface area contributed by atoms with E-state index in [2.05, 4.69) is 27.7 Å². The van der Waals surface area contributed by atoms with E-state index < -0.39 is 5.97 Å². The van der Waals surface area contributed by atoms with Crippen LogP contribution in [0, 0.1) is 11.8 Å². The van der Waals surface area contributed by atoms with Crippen molar-refractivity contribution in [2.45, 2.75) is 41.0 Å². The first-order valence-electron chi connectivity index (χ1n) is 7.03. The molecule has 19 heavy (non-hydrogen) atoms. The second kappa shape index (κ2) is 8.77. The third kappa shape index (κ3) is 7.70. The van der Waals surface area contributed by atoms with Crippen molar-refractivity contribution in [2.75, 3.05) is 26.2 Å². The molecule has 5 heteroatoms. The fourth-order valence-electron chi connectivity index (χ4n) is 1.93. The highest BCUT2D eigenvalue weighted by Gasteiger charge is 2.21. The van der Waals surface area contributed by atoms with Crippen LogP contribution in [0.1, 0.15) is 41.0 Å². The van der Waals surface area contributed by atoms with E-state index in [4.69, 9.17) is 5.11 Å². The Morgan fingerprint density at radius 3 is 1.79 bits per heavy atom. The van der Waals surface area contributed by atoms with Gasteiger partial charge in [-0.05, 0) is 18.8 Å². The van der Waals surface area contributed by atoms with Crippen molar-refractivity contribution >= 4 is 12.0 Å². The summed E-state index contributed by atoms with van der Waals surface area (Å²) in [6.45, 7) is 12.4. The minimum atomic E-state index is -0.870. The lowest BCUT2D eigenvalue weighted by Gasteiger charge is -2.32. The smallest absolute Gasteiger partial charge is 0.320 e. The van der Waals surface area contributed by atoms with E-state index in [-0.39, 0.29) is 19.0 Å². The van der Waals surface area contributed by atoms with E-state index in [9.17, 15) is 9.59 Å². The molecule has 0 saturated carbocycles. The molecule has 0 heterocycles. The van der Waals surface area contributed by atoms with Gasteiger partial charge in [0.25, 0.3) is 0 Å². The Balaban J connectivity index is 4.67. The lowest BCUT2D eigenvalue weighted by Crippen LogP contribution is -2.46. The molecule has 112 valence electrons. The average molecular weight is 272 g/mol. The summed E-state index contributed by atoms with van der Waals surface area (Å²) >= 11 is 0. The number of aliphatic carboxylic acids is 1. The Morgan fingerprint density at radius 1 is 1.00 bits per heavy atom. The zero-order chi connectivity index (χ0) is 15.0. The van der Waals surface area contributed by atoms with E-state index in [1.54, 1.807) is 4.90 Å². The van der Waals surface area contributed by atoms with Gasteiger partial charge in [0.05, 0.1) is 6.42 Å². The van der Waals surface area contributed by atoms with Crippen molar-refractivity contribution in [3.63, 3.8) is 0 Å². The Kier molecular flexibility index (Phi) is 8.19. The van der Waals surface area contributed by atoms with Gasteiger partial charge < -0.3 is 14.9 Å². The highest BCUT2D eigenvalue weighted by Crippen LogP contribution is 2.08. The van der Waals surface area contributed by atoms with Gasteiger partial charge >= 0.3 is 12.0 Å². The number of carboxylic acids is 1. The predicted octanol–water partition coefficient (Wildman–Crippen LogP) is 2.52. The van der Waals surface area contributed by atoms with E-state index in [1.807, 2.05) is 11.8 Å². The first-order chi connectivity index (χ1) is 8.77. The standard InChI is InChI=1S/C14H28N2O3/c1-6-15(8-7-13(17)18)14(19)16(9-11(2)3)10-12(4)5/h11-12H,6-10H2,1-5H3,(H,17,18). The van der Waals surface area contributed by atoms with Gasteiger partial charge in [-0.15, -0.1) is 0 Å². The molecule has 0 aliphatic heterocycles. The van der Waals surface area contributed by atoms with Crippen molar-refractivity contribution < 1.29 is 14.7 Å². The minimum absolute atomic E-state index is 0.00320. The van der Waals surface area contributed by atoms with Crippen molar-refractivity contribution in [3.8, 4) is 0 Å². The zero-order valence-electron chi connectivity index (χ0n) is 12.8. The minimum Gasteiger partial charge on any atom is -0.481 e. The van der Waals surface area contributed by atoms with Gasteiger partial charge in [0.2, 0.25) is 0 Å². The highest BCUT2D eigenvalue weighted by molar-refractivity contribution is 5.75. The maximum atomic E-state index is 12.4. The first-order valence-corrected chi connectivity index (χ1v) is 7.03. The van der Waals surface area contributed by atoms with Crippen LogP contribution < -0.4 is 0 Å². The third-order valence-corrected chi connectivity index (χ3v) is 2.69. The third-order valence-electron chi connectivity index (χ3n) is 2.69. The second-order valence-electron chi connectivity index (χ2n) is 5.70. The Morgan fingerprint density at radius 2 is 1.47 bits per heavy atom. The summed E-state index contributed by atoms with van der Waals surface area (Å²) in [7, 11) is 0. The number of rotatable bonds is 8. The van der Waals surface area contributed by atoms with E-state index in [0.717, 1.165) is 0 Å². The number of amides is 2. The average Bonchev–Trinajstić information content (AvgIpc) is 2.27. The van der Waals surface area contributed by atoms with Crippen molar-refractivity contribution in [3.05, 3.63) is 0 Å². The van der Waals surface area contributed by atoms with Crippen LogP contribution >= 0.6 is 0 Å². The molecule has 0 aliphatic rings. The second-order valence-corrected chi connectivity index (χ2v) is 5.70. The van der Waals surface area contributed by atoms with Crippen LogP contribution in [-0.4, -0.2) is 53.1 Å². The van der Waals surface area contributed by atoms with Crippen LogP contribution in [0.15, 0.2) is 0 Å². The molecule has 0 aromatic heterocycles. The maximum absolute atomic E-state index is 12.4. The van der Waals surface area contributed by atoms with Gasteiger partial charge in [-0.1, -0.05) is 27.7 Å². The summed E-state index contributed by atoms with van der Waals surface area (Å²) in [5.41, 5.74) is 0. The Bertz CT molecular complexity index is 280. The van der Waals surface area contributed by atoms with Crippen LogP contribution in [0.5, 0.6) is 0 Å². The van der Waals surface area contributed by atoms with Gasteiger partial charge in [0.1, 0.15) is 0 Å². The van der Waals surface area contributed by atoms with Gasteiger partial charge in [0, 0.05) is 26.2 Å². The summed E-state index contributed by atoms with van der Waals surface area (Å²) < 4.78 is 0. The molecular formula is C14H28N2O3. The lowest BCUT2D eigenvalue weighted by molar-refractivity contribution is -0.137. The number of carbonyl (C=O) groups excluding carboxylic acids is 1. The number of urea groups is 1. The van der Waals surface area contributed by atoms with Crippen molar-refractivity contribution in [1.82, 2.24) is 9.80 Å². The lowest BCUT2D eigenvalue weighted by atomic mass is 10.1. The van der Waals surface area contributed by atoms with Gasteiger partial charge in [-0.2, -0.15) is 0 Å². The molecule has 0 aromatic rings. The normalized spacial score (nSPS) is 10.9. The summed E-state index contributed by atoms with van der Waals surface area (Å²) in [6, 6.07) is -0.0499. The quantitative estimate of drug-likeness (QED) is 0.738. The molecule has 1 N–H and O–H groups in total. The monoisotopic (exact) mass is 272 g/mol. The maximum Gasteiger partial charge on any atom is 0.320 e.